The molecule has 7 atom stereocenters. The summed E-state index contributed by atoms with van der Waals surface area (Å²) in [4.78, 5) is 39.0. The van der Waals surface area contributed by atoms with Gasteiger partial charge in [0.15, 0.2) is 5.78 Å². The lowest BCUT2D eigenvalue weighted by molar-refractivity contribution is -0.162. The summed E-state index contributed by atoms with van der Waals surface area (Å²) in [6.45, 7) is 5.07. The lowest BCUT2D eigenvalue weighted by Crippen LogP contribution is -2.57. The number of fused-ring (bicyclic) bond motifs is 5. The lowest BCUT2D eigenvalue weighted by atomic mass is 9.44. The Kier molecular flexibility index (Phi) is 5.64. The average Bonchev–Trinajstić information content (AvgIpc) is 3.11. The molecule has 0 radical (unpaired) electrons. The van der Waals surface area contributed by atoms with Gasteiger partial charge < -0.3 is 4.74 Å². The van der Waals surface area contributed by atoms with Crippen LogP contribution in [0.5, 0.6) is 0 Å². The number of benzene rings is 1. The number of carbonyl (C=O) groups is 3. The first-order valence-corrected chi connectivity index (χ1v) is 12.5. The highest BCUT2D eigenvalue weighted by Gasteiger charge is 2.64. The Hall–Kier alpha value is -1.81. The number of hydrogen-bond acceptors (Lipinski definition) is 4. The summed E-state index contributed by atoms with van der Waals surface area (Å²) in [5.41, 5.74) is 0.803. The third-order valence-electron chi connectivity index (χ3n) is 9.91. The van der Waals surface area contributed by atoms with Crippen molar-refractivity contribution in [1.82, 2.24) is 0 Å². The molecule has 1 aromatic rings. The van der Waals surface area contributed by atoms with Crippen molar-refractivity contribution in [2.45, 2.75) is 71.8 Å². The average molecular weight is 437 g/mol. The Morgan fingerprint density at radius 3 is 2.59 bits per heavy atom. The van der Waals surface area contributed by atoms with Gasteiger partial charge in [0.1, 0.15) is 18.2 Å². The lowest BCUT2D eigenvalue weighted by Gasteiger charge is -2.59. The van der Waals surface area contributed by atoms with Gasteiger partial charge >= 0.3 is 0 Å². The summed E-state index contributed by atoms with van der Waals surface area (Å²) in [5, 5.41) is 0. The standard InChI is InChI=1S/C28H36O4/c1-27-13-12-20(29)14-19(27)8-9-21-22-10-11-23(28(22,2)15-24(30)26(21)27)25(31)17-32-16-18-6-4-3-5-7-18/h3-7,19,21-23,26H,8-17H2,1-2H3/t19-,21-,22-,23+,26+,27-,28-/m0/s1. The topological polar surface area (TPSA) is 60.4 Å². The molecule has 0 heterocycles. The fourth-order valence-corrected chi connectivity index (χ4v) is 8.33. The zero-order valence-corrected chi connectivity index (χ0v) is 19.5. The number of ketones is 3. The van der Waals surface area contributed by atoms with Crippen molar-refractivity contribution in [1.29, 1.82) is 0 Å². The minimum absolute atomic E-state index is 0.0316. The predicted octanol–water partition coefficient (Wildman–Crippen LogP) is 5.18. The smallest absolute Gasteiger partial charge is 0.162 e. The van der Waals surface area contributed by atoms with E-state index in [-0.39, 0.29) is 35.1 Å². The number of rotatable bonds is 5. The van der Waals surface area contributed by atoms with Crippen LogP contribution in [0.25, 0.3) is 0 Å². The zero-order valence-electron chi connectivity index (χ0n) is 19.5. The van der Waals surface area contributed by atoms with Crippen molar-refractivity contribution in [2.24, 2.45) is 40.4 Å². The summed E-state index contributed by atoms with van der Waals surface area (Å²) in [6.07, 6.45) is 6.69. The van der Waals surface area contributed by atoms with Crippen LogP contribution < -0.4 is 0 Å². The van der Waals surface area contributed by atoms with Crippen LogP contribution in [0.1, 0.15) is 70.8 Å². The van der Waals surface area contributed by atoms with Gasteiger partial charge in [0, 0.05) is 31.1 Å². The molecule has 172 valence electrons. The Balaban J connectivity index is 1.30. The fourth-order valence-electron chi connectivity index (χ4n) is 8.33. The normalized spacial score (nSPS) is 41.0. The van der Waals surface area contributed by atoms with Gasteiger partial charge in [-0.1, -0.05) is 44.2 Å². The Bertz CT molecular complexity index is 907. The van der Waals surface area contributed by atoms with Gasteiger partial charge in [-0.3, -0.25) is 14.4 Å². The van der Waals surface area contributed by atoms with Crippen LogP contribution in [0.15, 0.2) is 30.3 Å². The van der Waals surface area contributed by atoms with Crippen molar-refractivity contribution in [3.05, 3.63) is 35.9 Å². The van der Waals surface area contributed by atoms with Gasteiger partial charge in [-0.2, -0.15) is 0 Å². The van der Waals surface area contributed by atoms with Crippen LogP contribution in [0, 0.1) is 40.4 Å². The van der Waals surface area contributed by atoms with Gasteiger partial charge in [0.2, 0.25) is 0 Å². The maximum Gasteiger partial charge on any atom is 0.162 e. The van der Waals surface area contributed by atoms with E-state index in [1.165, 1.54) is 0 Å². The molecule has 0 N–H and O–H groups in total. The van der Waals surface area contributed by atoms with Crippen LogP contribution in [0.2, 0.25) is 0 Å². The first-order valence-electron chi connectivity index (χ1n) is 12.5. The van der Waals surface area contributed by atoms with E-state index in [0.29, 0.717) is 55.2 Å². The van der Waals surface area contributed by atoms with Crippen LogP contribution in [-0.4, -0.2) is 24.0 Å². The zero-order chi connectivity index (χ0) is 22.5. The van der Waals surface area contributed by atoms with Crippen molar-refractivity contribution in [3.8, 4) is 0 Å². The van der Waals surface area contributed by atoms with Crippen molar-refractivity contribution in [3.63, 3.8) is 0 Å². The van der Waals surface area contributed by atoms with Gasteiger partial charge in [0.05, 0.1) is 6.61 Å². The second kappa shape index (κ2) is 8.20. The van der Waals surface area contributed by atoms with Gasteiger partial charge in [-0.25, -0.2) is 0 Å². The minimum atomic E-state index is -0.237. The third-order valence-corrected chi connectivity index (χ3v) is 9.91. The van der Waals surface area contributed by atoms with E-state index in [1.807, 2.05) is 30.3 Å². The number of ether oxygens (including phenoxy) is 1. The van der Waals surface area contributed by atoms with E-state index >= 15 is 0 Å². The molecule has 0 bridgehead atoms. The maximum absolute atomic E-state index is 13.7. The molecule has 4 nitrogen and oxygen atoms in total. The SMILES string of the molecule is C[C@]12CCC(=O)C[C@@H]1CC[C@H]1[C@@H]3CC[C@H](C(=O)COCc4ccccc4)[C@@]3(C)CC(=O)[C@@H]12. The van der Waals surface area contributed by atoms with Gasteiger partial charge in [-0.05, 0) is 66.3 Å². The first kappa shape index (κ1) is 22.0. The number of hydrogen-bond donors (Lipinski definition) is 0. The monoisotopic (exact) mass is 436 g/mol. The Morgan fingerprint density at radius 2 is 1.81 bits per heavy atom. The highest BCUT2D eigenvalue weighted by Crippen LogP contribution is 2.66. The van der Waals surface area contributed by atoms with Crippen LogP contribution in [-0.2, 0) is 25.7 Å². The van der Waals surface area contributed by atoms with E-state index in [1.54, 1.807) is 0 Å². The predicted molar refractivity (Wildman–Crippen MR) is 122 cm³/mol. The second-order valence-electron chi connectivity index (χ2n) is 11.5. The van der Waals surface area contributed by atoms with Gasteiger partial charge in [-0.15, -0.1) is 0 Å². The maximum atomic E-state index is 13.7. The summed E-state index contributed by atoms with van der Waals surface area (Å²) >= 11 is 0. The third kappa shape index (κ3) is 3.50. The van der Waals surface area contributed by atoms with Crippen molar-refractivity contribution in [2.75, 3.05) is 6.61 Å². The molecular weight excluding hydrogens is 400 g/mol. The van der Waals surface area contributed by atoms with Crippen LogP contribution >= 0.6 is 0 Å². The Morgan fingerprint density at radius 1 is 1.03 bits per heavy atom. The van der Waals surface area contributed by atoms with Crippen molar-refractivity contribution < 1.29 is 19.1 Å². The molecule has 0 aliphatic heterocycles. The molecule has 0 unspecified atom stereocenters. The molecule has 4 fully saturated rings. The van der Waals surface area contributed by atoms with E-state index in [4.69, 9.17) is 4.74 Å². The molecule has 1 aromatic carbocycles. The van der Waals surface area contributed by atoms with Crippen molar-refractivity contribution >= 4 is 17.3 Å². The Labute approximate surface area is 191 Å². The van der Waals surface area contributed by atoms with Crippen LogP contribution in [0.3, 0.4) is 0 Å². The summed E-state index contributed by atoms with van der Waals surface area (Å²) in [7, 11) is 0. The molecule has 0 spiro atoms. The number of carbonyl (C=O) groups excluding carboxylic acids is 3. The summed E-state index contributed by atoms with van der Waals surface area (Å²) in [6, 6.07) is 9.94. The van der Waals surface area contributed by atoms with Gasteiger partial charge in [0.25, 0.3) is 0 Å². The largest absolute Gasteiger partial charge is 0.369 e. The van der Waals surface area contributed by atoms with E-state index in [9.17, 15) is 14.4 Å². The highest BCUT2D eigenvalue weighted by atomic mass is 16.5. The summed E-state index contributed by atoms with van der Waals surface area (Å²) < 4.78 is 5.78. The van der Waals surface area contributed by atoms with E-state index in [0.717, 1.165) is 37.7 Å². The fraction of sp³-hybridized carbons (Fsp3) is 0.679. The summed E-state index contributed by atoms with van der Waals surface area (Å²) in [5.74, 6) is 2.08. The minimum Gasteiger partial charge on any atom is -0.369 e. The van der Waals surface area contributed by atoms with E-state index < -0.39 is 0 Å². The molecule has 4 aliphatic carbocycles. The molecule has 4 saturated carbocycles. The van der Waals surface area contributed by atoms with E-state index in [2.05, 4.69) is 13.8 Å². The molecular formula is C28H36O4. The molecule has 0 saturated heterocycles. The molecule has 4 heteroatoms. The molecule has 0 amide bonds. The van der Waals surface area contributed by atoms with Crippen LogP contribution in [0.4, 0.5) is 0 Å². The molecule has 5 rings (SSSR count). The number of Topliss-reactive ketones (excluding diaryl/α,β-unsaturated/α-hetero) is 3. The molecule has 0 aromatic heterocycles. The first-order chi connectivity index (χ1) is 15.3. The quantitative estimate of drug-likeness (QED) is 0.638. The highest BCUT2D eigenvalue weighted by molar-refractivity contribution is 5.88. The molecule has 32 heavy (non-hydrogen) atoms. The molecule has 4 aliphatic rings. The second-order valence-corrected chi connectivity index (χ2v) is 11.5.